The van der Waals surface area contributed by atoms with Crippen molar-refractivity contribution in [3.8, 4) is 0 Å². The molecule has 0 spiro atoms. The van der Waals surface area contributed by atoms with Crippen LogP contribution >= 0.6 is 15.9 Å². The van der Waals surface area contributed by atoms with E-state index in [1.807, 2.05) is 24.3 Å². The van der Waals surface area contributed by atoms with Crippen molar-refractivity contribution in [2.45, 2.75) is 37.8 Å². The molecule has 2 atom stereocenters. The number of rotatable bonds is 2. The number of halogens is 1. The van der Waals surface area contributed by atoms with Gasteiger partial charge in [0.05, 0.1) is 12.1 Å². The van der Waals surface area contributed by atoms with Gasteiger partial charge in [0.2, 0.25) is 0 Å². The van der Waals surface area contributed by atoms with Gasteiger partial charge in [0, 0.05) is 10.2 Å². The minimum absolute atomic E-state index is 0.197. The van der Waals surface area contributed by atoms with Crippen molar-refractivity contribution in [1.29, 1.82) is 0 Å². The Kier molecular flexibility index (Phi) is 3.65. The molecule has 1 aromatic rings. The molecule has 1 aliphatic rings. The van der Waals surface area contributed by atoms with Crippen molar-refractivity contribution in [2.75, 3.05) is 5.32 Å². The number of nitrogens with one attached hydrogen (secondary N) is 1. The van der Waals surface area contributed by atoms with E-state index in [9.17, 15) is 5.11 Å². The number of aliphatic hydroxyl groups is 1. The average molecular weight is 270 g/mol. The van der Waals surface area contributed by atoms with Gasteiger partial charge in [-0.2, -0.15) is 0 Å². The highest BCUT2D eigenvalue weighted by Crippen LogP contribution is 2.23. The summed E-state index contributed by atoms with van der Waals surface area (Å²) in [5, 5.41) is 13.2. The standard InChI is InChI=1S/C12H16BrNO/c13-9-4-3-5-10(8-9)14-11-6-1-2-7-12(11)15/h3-5,8,11-12,14-15H,1-2,6-7H2. The zero-order valence-electron chi connectivity index (χ0n) is 8.62. The predicted molar refractivity (Wildman–Crippen MR) is 66.0 cm³/mol. The third kappa shape index (κ3) is 2.95. The van der Waals surface area contributed by atoms with Gasteiger partial charge < -0.3 is 10.4 Å². The van der Waals surface area contributed by atoms with E-state index >= 15 is 0 Å². The molecule has 0 aliphatic heterocycles. The summed E-state index contributed by atoms with van der Waals surface area (Å²) >= 11 is 3.44. The molecule has 1 aromatic carbocycles. The van der Waals surface area contributed by atoms with Crippen LogP contribution in [0.15, 0.2) is 28.7 Å². The highest BCUT2D eigenvalue weighted by atomic mass is 79.9. The molecular weight excluding hydrogens is 254 g/mol. The molecule has 0 heterocycles. The van der Waals surface area contributed by atoms with Crippen molar-refractivity contribution in [2.24, 2.45) is 0 Å². The highest BCUT2D eigenvalue weighted by molar-refractivity contribution is 9.10. The van der Waals surface area contributed by atoms with E-state index in [0.29, 0.717) is 0 Å². The smallest absolute Gasteiger partial charge is 0.0741 e. The molecule has 1 fully saturated rings. The Balaban J connectivity index is 2.01. The number of hydrogen-bond donors (Lipinski definition) is 2. The molecule has 3 heteroatoms. The van der Waals surface area contributed by atoms with Gasteiger partial charge in [0.1, 0.15) is 0 Å². The second-order valence-electron chi connectivity index (χ2n) is 4.11. The molecule has 2 nitrogen and oxygen atoms in total. The minimum Gasteiger partial charge on any atom is -0.391 e. The summed E-state index contributed by atoms with van der Waals surface area (Å²) in [4.78, 5) is 0. The van der Waals surface area contributed by atoms with Crippen molar-refractivity contribution in [1.82, 2.24) is 0 Å². The van der Waals surface area contributed by atoms with Crippen LogP contribution in [-0.2, 0) is 0 Å². The van der Waals surface area contributed by atoms with Crippen molar-refractivity contribution < 1.29 is 5.11 Å². The van der Waals surface area contributed by atoms with Crippen LogP contribution < -0.4 is 5.32 Å². The van der Waals surface area contributed by atoms with E-state index in [1.165, 1.54) is 6.42 Å². The summed E-state index contributed by atoms with van der Waals surface area (Å²) in [7, 11) is 0. The maximum atomic E-state index is 9.83. The molecule has 82 valence electrons. The van der Waals surface area contributed by atoms with Gasteiger partial charge in [0.25, 0.3) is 0 Å². The van der Waals surface area contributed by atoms with Gasteiger partial charge in [-0.1, -0.05) is 34.8 Å². The molecule has 1 aliphatic carbocycles. The van der Waals surface area contributed by atoms with E-state index in [-0.39, 0.29) is 12.1 Å². The monoisotopic (exact) mass is 269 g/mol. The first-order valence-corrected chi connectivity index (χ1v) is 6.25. The molecule has 2 rings (SSSR count). The quantitative estimate of drug-likeness (QED) is 0.865. The number of hydrogen-bond acceptors (Lipinski definition) is 2. The van der Waals surface area contributed by atoms with Gasteiger partial charge in [-0.05, 0) is 31.0 Å². The number of aliphatic hydroxyl groups excluding tert-OH is 1. The lowest BCUT2D eigenvalue weighted by molar-refractivity contribution is 0.116. The van der Waals surface area contributed by atoms with Crippen LogP contribution in [0.25, 0.3) is 0 Å². The van der Waals surface area contributed by atoms with Crippen LogP contribution in [0.5, 0.6) is 0 Å². The SMILES string of the molecule is OC1CCCCC1Nc1cccc(Br)c1. The summed E-state index contributed by atoms with van der Waals surface area (Å²) in [6.07, 6.45) is 4.15. The normalized spacial score (nSPS) is 26.3. The Hall–Kier alpha value is -0.540. The number of benzene rings is 1. The van der Waals surface area contributed by atoms with Crippen molar-refractivity contribution >= 4 is 21.6 Å². The summed E-state index contributed by atoms with van der Waals surface area (Å²) < 4.78 is 1.07. The molecule has 0 aromatic heterocycles. The van der Waals surface area contributed by atoms with Crippen LogP contribution in [0, 0.1) is 0 Å². The molecule has 2 unspecified atom stereocenters. The van der Waals surface area contributed by atoms with Crippen LogP contribution in [0.1, 0.15) is 25.7 Å². The van der Waals surface area contributed by atoms with E-state index in [2.05, 4.69) is 21.2 Å². The van der Waals surface area contributed by atoms with E-state index < -0.39 is 0 Å². The predicted octanol–water partition coefficient (Wildman–Crippen LogP) is 3.16. The Labute approximate surface area is 98.8 Å². The fraction of sp³-hybridized carbons (Fsp3) is 0.500. The summed E-state index contributed by atoms with van der Waals surface area (Å²) in [6, 6.07) is 8.30. The fourth-order valence-corrected chi connectivity index (χ4v) is 2.47. The molecule has 1 saturated carbocycles. The van der Waals surface area contributed by atoms with Gasteiger partial charge in [-0.15, -0.1) is 0 Å². The minimum atomic E-state index is -0.197. The van der Waals surface area contributed by atoms with Crippen molar-refractivity contribution in [3.05, 3.63) is 28.7 Å². The highest BCUT2D eigenvalue weighted by Gasteiger charge is 2.22. The van der Waals surface area contributed by atoms with Gasteiger partial charge in [0.15, 0.2) is 0 Å². The van der Waals surface area contributed by atoms with E-state index in [0.717, 1.165) is 29.4 Å². The second-order valence-corrected chi connectivity index (χ2v) is 5.03. The summed E-state index contributed by atoms with van der Waals surface area (Å²) in [5.41, 5.74) is 1.08. The summed E-state index contributed by atoms with van der Waals surface area (Å²) in [6.45, 7) is 0. The average Bonchev–Trinajstić information content (AvgIpc) is 2.22. The molecule has 0 amide bonds. The topological polar surface area (TPSA) is 32.3 Å². The Morgan fingerprint density at radius 1 is 1.27 bits per heavy atom. The third-order valence-corrected chi connectivity index (χ3v) is 3.40. The molecular formula is C12H16BrNO. The summed E-state index contributed by atoms with van der Waals surface area (Å²) in [5.74, 6) is 0. The number of anilines is 1. The van der Waals surface area contributed by atoms with Gasteiger partial charge >= 0.3 is 0 Å². The molecule has 2 N–H and O–H groups in total. The van der Waals surface area contributed by atoms with Crippen LogP contribution in [-0.4, -0.2) is 17.3 Å². The Morgan fingerprint density at radius 3 is 2.80 bits per heavy atom. The molecule has 15 heavy (non-hydrogen) atoms. The van der Waals surface area contributed by atoms with E-state index in [4.69, 9.17) is 0 Å². The van der Waals surface area contributed by atoms with Crippen LogP contribution in [0.2, 0.25) is 0 Å². The molecule has 0 saturated heterocycles. The lowest BCUT2D eigenvalue weighted by Crippen LogP contribution is -2.36. The first-order valence-electron chi connectivity index (χ1n) is 5.46. The maximum absolute atomic E-state index is 9.83. The second kappa shape index (κ2) is 4.99. The molecule has 0 radical (unpaired) electrons. The maximum Gasteiger partial charge on any atom is 0.0741 e. The zero-order valence-corrected chi connectivity index (χ0v) is 10.2. The van der Waals surface area contributed by atoms with Crippen LogP contribution in [0.3, 0.4) is 0 Å². The van der Waals surface area contributed by atoms with Gasteiger partial charge in [-0.25, -0.2) is 0 Å². The Bertz CT molecular complexity index is 329. The lowest BCUT2D eigenvalue weighted by Gasteiger charge is -2.29. The van der Waals surface area contributed by atoms with Gasteiger partial charge in [-0.3, -0.25) is 0 Å². The first kappa shape index (κ1) is 11.0. The van der Waals surface area contributed by atoms with E-state index in [1.54, 1.807) is 0 Å². The van der Waals surface area contributed by atoms with Crippen molar-refractivity contribution in [3.63, 3.8) is 0 Å². The third-order valence-electron chi connectivity index (χ3n) is 2.91. The first-order chi connectivity index (χ1) is 7.25. The Morgan fingerprint density at radius 2 is 2.07 bits per heavy atom. The van der Waals surface area contributed by atoms with Crippen LogP contribution in [0.4, 0.5) is 5.69 Å². The lowest BCUT2D eigenvalue weighted by atomic mass is 9.92. The zero-order chi connectivity index (χ0) is 10.7. The largest absolute Gasteiger partial charge is 0.391 e. The fourth-order valence-electron chi connectivity index (χ4n) is 2.07. The molecule has 0 bridgehead atoms.